The van der Waals surface area contributed by atoms with Crippen molar-refractivity contribution < 1.29 is 34.4 Å². The summed E-state index contributed by atoms with van der Waals surface area (Å²) in [4.78, 5) is 41.8. The van der Waals surface area contributed by atoms with E-state index < -0.39 is 42.2 Å². The normalized spacial score (nSPS) is 12.6. The standard InChI is InChI=1S/C31H37N3O7/c1-31(2,3)41-30(40)33-26(19-21-9-13-24(36)14-10-21)29(39)34(17-18-35)27(23-11-15-25(37)16-12-23)28(38)32-20-22-7-5-4-6-8-22/h4-16,26-27,35-37H,17-20H2,1-3H3,(H,32,38)(H,33,40). The minimum atomic E-state index is -1.19. The van der Waals surface area contributed by atoms with Gasteiger partial charge in [0.1, 0.15) is 29.2 Å². The molecule has 0 aliphatic heterocycles. The van der Waals surface area contributed by atoms with E-state index in [1.54, 1.807) is 32.9 Å². The lowest BCUT2D eigenvalue weighted by molar-refractivity contribution is -0.143. The highest BCUT2D eigenvalue weighted by Gasteiger charge is 2.36. The first-order valence-electron chi connectivity index (χ1n) is 13.3. The van der Waals surface area contributed by atoms with Crippen molar-refractivity contribution in [3.8, 4) is 11.5 Å². The number of alkyl carbamates (subject to hydrolysis) is 1. The topological polar surface area (TPSA) is 148 Å². The molecule has 0 spiro atoms. The molecule has 0 aliphatic carbocycles. The average molecular weight is 564 g/mol. The molecule has 0 fully saturated rings. The zero-order valence-corrected chi connectivity index (χ0v) is 23.4. The Morgan fingerprint density at radius 1 is 0.854 bits per heavy atom. The fourth-order valence-corrected chi connectivity index (χ4v) is 4.20. The molecule has 5 N–H and O–H groups in total. The Hall–Kier alpha value is -4.57. The number of benzene rings is 3. The van der Waals surface area contributed by atoms with Gasteiger partial charge in [0.15, 0.2) is 0 Å². The van der Waals surface area contributed by atoms with Crippen LogP contribution in [0.1, 0.15) is 43.5 Å². The Labute approximate surface area is 239 Å². The molecule has 0 aromatic heterocycles. The molecule has 0 radical (unpaired) electrons. The number of hydrogen-bond donors (Lipinski definition) is 5. The van der Waals surface area contributed by atoms with Crippen molar-refractivity contribution in [1.29, 1.82) is 0 Å². The summed E-state index contributed by atoms with van der Waals surface area (Å²) in [5.74, 6) is -1.12. The van der Waals surface area contributed by atoms with Crippen LogP contribution < -0.4 is 10.6 Å². The predicted octanol–water partition coefficient (Wildman–Crippen LogP) is 3.41. The molecule has 0 heterocycles. The van der Waals surface area contributed by atoms with Gasteiger partial charge in [0.25, 0.3) is 0 Å². The zero-order chi connectivity index (χ0) is 30.0. The third kappa shape index (κ3) is 9.54. The maximum absolute atomic E-state index is 14.1. The Bertz CT molecular complexity index is 1290. The Kier molecular flexibility index (Phi) is 10.7. The van der Waals surface area contributed by atoms with Crippen molar-refractivity contribution in [3.63, 3.8) is 0 Å². The molecule has 0 saturated carbocycles. The molecule has 3 rings (SSSR count). The van der Waals surface area contributed by atoms with Crippen molar-refractivity contribution in [1.82, 2.24) is 15.5 Å². The van der Waals surface area contributed by atoms with Gasteiger partial charge < -0.3 is 35.6 Å². The highest BCUT2D eigenvalue weighted by molar-refractivity contribution is 5.92. The highest BCUT2D eigenvalue weighted by atomic mass is 16.6. The molecule has 218 valence electrons. The van der Waals surface area contributed by atoms with Gasteiger partial charge in [0.2, 0.25) is 11.8 Å². The van der Waals surface area contributed by atoms with Crippen molar-refractivity contribution in [2.24, 2.45) is 0 Å². The molecule has 0 aliphatic rings. The van der Waals surface area contributed by atoms with E-state index in [0.717, 1.165) is 5.56 Å². The molecule has 41 heavy (non-hydrogen) atoms. The van der Waals surface area contributed by atoms with Gasteiger partial charge in [-0.05, 0) is 61.7 Å². The van der Waals surface area contributed by atoms with Crippen molar-refractivity contribution >= 4 is 17.9 Å². The van der Waals surface area contributed by atoms with Gasteiger partial charge in [-0.25, -0.2) is 4.79 Å². The summed E-state index contributed by atoms with van der Waals surface area (Å²) in [7, 11) is 0. The molecule has 10 heteroatoms. The lowest BCUT2D eigenvalue weighted by Crippen LogP contribution is -2.54. The lowest BCUT2D eigenvalue weighted by Gasteiger charge is -2.34. The summed E-state index contributed by atoms with van der Waals surface area (Å²) in [6.07, 6.45) is -0.804. The van der Waals surface area contributed by atoms with E-state index in [-0.39, 0.29) is 31.0 Å². The summed E-state index contributed by atoms with van der Waals surface area (Å²) in [6.45, 7) is 4.61. The lowest BCUT2D eigenvalue weighted by atomic mass is 10.00. The summed E-state index contributed by atoms with van der Waals surface area (Å²) >= 11 is 0. The van der Waals surface area contributed by atoms with Crippen LogP contribution in [-0.4, -0.2) is 62.9 Å². The van der Waals surface area contributed by atoms with Crippen LogP contribution in [0.3, 0.4) is 0 Å². The van der Waals surface area contributed by atoms with Gasteiger partial charge in [0, 0.05) is 19.5 Å². The first-order valence-corrected chi connectivity index (χ1v) is 13.3. The van der Waals surface area contributed by atoms with Crippen LogP contribution >= 0.6 is 0 Å². The number of nitrogens with zero attached hydrogens (tertiary/aromatic N) is 1. The Morgan fingerprint density at radius 3 is 2.00 bits per heavy atom. The number of hydrogen-bond acceptors (Lipinski definition) is 7. The fraction of sp³-hybridized carbons (Fsp3) is 0.323. The second kappa shape index (κ2) is 14.2. The average Bonchev–Trinajstić information content (AvgIpc) is 2.92. The number of nitrogens with one attached hydrogen (secondary N) is 2. The van der Waals surface area contributed by atoms with E-state index in [9.17, 15) is 29.7 Å². The molecule has 0 saturated heterocycles. The molecular weight excluding hydrogens is 526 g/mol. The summed E-state index contributed by atoms with van der Waals surface area (Å²) in [5.41, 5.74) is 1.06. The third-order valence-corrected chi connectivity index (χ3v) is 6.07. The minimum Gasteiger partial charge on any atom is -0.508 e. The summed E-state index contributed by atoms with van der Waals surface area (Å²) in [6, 6.07) is 18.9. The SMILES string of the molecule is CC(C)(C)OC(=O)NC(Cc1ccc(O)cc1)C(=O)N(CCO)C(C(=O)NCc1ccccc1)c1ccc(O)cc1. The van der Waals surface area contributed by atoms with Gasteiger partial charge >= 0.3 is 6.09 Å². The van der Waals surface area contributed by atoms with Gasteiger partial charge in [0.05, 0.1) is 6.61 Å². The number of rotatable bonds is 11. The summed E-state index contributed by atoms with van der Waals surface area (Å²) < 4.78 is 5.39. The van der Waals surface area contributed by atoms with E-state index in [2.05, 4.69) is 10.6 Å². The van der Waals surface area contributed by atoms with Crippen LogP contribution in [0.25, 0.3) is 0 Å². The summed E-state index contributed by atoms with van der Waals surface area (Å²) in [5, 5.41) is 35.0. The van der Waals surface area contributed by atoms with Gasteiger partial charge in [-0.2, -0.15) is 0 Å². The number of phenols is 2. The number of carbonyl (C=O) groups excluding carboxylic acids is 3. The largest absolute Gasteiger partial charge is 0.508 e. The van der Waals surface area contributed by atoms with Crippen molar-refractivity contribution in [2.75, 3.05) is 13.2 Å². The predicted molar refractivity (Wildman–Crippen MR) is 153 cm³/mol. The van der Waals surface area contributed by atoms with E-state index in [1.807, 2.05) is 30.3 Å². The smallest absolute Gasteiger partial charge is 0.408 e. The third-order valence-electron chi connectivity index (χ3n) is 6.07. The molecule has 10 nitrogen and oxygen atoms in total. The molecule has 2 unspecified atom stereocenters. The number of aromatic hydroxyl groups is 2. The Morgan fingerprint density at radius 2 is 1.44 bits per heavy atom. The van der Waals surface area contributed by atoms with E-state index in [0.29, 0.717) is 11.1 Å². The van der Waals surface area contributed by atoms with Crippen LogP contribution in [0.2, 0.25) is 0 Å². The Balaban J connectivity index is 1.98. The fourth-order valence-electron chi connectivity index (χ4n) is 4.20. The second-order valence-electron chi connectivity index (χ2n) is 10.5. The van der Waals surface area contributed by atoms with E-state index in [4.69, 9.17) is 4.74 Å². The van der Waals surface area contributed by atoms with Crippen LogP contribution in [0.5, 0.6) is 11.5 Å². The quantitative estimate of drug-likeness (QED) is 0.240. The van der Waals surface area contributed by atoms with Gasteiger partial charge in [-0.15, -0.1) is 0 Å². The highest BCUT2D eigenvalue weighted by Crippen LogP contribution is 2.25. The molecule has 0 bridgehead atoms. The maximum atomic E-state index is 14.1. The van der Waals surface area contributed by atoms with Gasteiger partial charge in [-0.3, -0.25) is 9.59 Å². The number of phenolic OH excluding ortho intramolecular Hbond substituents is 2. The number of amides is 3. The second-order valence-corrected chi connectivity index (χ2v) is 10.5. The molecular formula is C31H37N3O7. The van der Waals surface area contributed by atoms with E-state index >= 15 is 0 Å². The number of ether oxygens (including phenoxy) is 1. The van der Waals surface area contributed by atoms with Crippen molar-refractivity contribution in [2.45, 2.75) is 51.4 Å². The molecule has 3 aromatic carbocycles. The number of aliphatic hydroxyl groups excluding tert-OH is 1. The van der Waals surface area contributed by atoms with Gasteiger partial charge in [-0.1, -0.05) is 54.6 Å². The monoisotopic (exact) mass is 563 g/mol. The van der Waals surface area contributed by atoms with E-state index in [1.165, 1.54) is 41.3 Å². The van der Waals surface area contributed by atoms with Crippen LogP contribution in [-0.2, 0) is 27.3 Å². The molecule has 2 atom stereocenters. The first-order chi connectivity index (χ1) is 19.5. The minimum absolute atomic E-state index is 0.0194. The zero-order valence-electron chi connectivity index (χ0n) is 23.4. The van der Waals surface area contributed by atoms with Crippen molar-refractivity contribution in [3.05, 3.63) is 95.6 Å². The van der Waals surface area contributed by atoms with Crippen LogP contribution in [0.15, 0.2) is 78.9 Å². The number of aliphatic hydroxyl groups is 1. The van der Waals surface area contributed by atoms with Crippen LogP contribution in [0, 0.1) is 0 Å². The first kappa shape index (κ1) is 31.0. The molecule has 3 aromatic rings. The molecule has 3 amide bonds. The maximum Gasteiger partial charge on any atom is 0.408 e. The number of carbonyl (C=O) groups is 3. The van der Waals surface area contributed by atoms with Crippen LogP contribution in [0.4, 0.5) is 4.79 Å².